The van der Waals surface area contributed by atoms with Gasteiger partial charge in [-0.1, -0.05) is 92.4 Å². The first-order valence-electron chi connectivity index (χ1n) is 10.8. The molecule has 0 spiro atoms. The summed E-state index contributed by atoms with van der Waals surface area (Å²) >= 11 is 0. The second kappa shape index (κ2) is 6.51. The third kappa shape index (κ3) is 2.73. The fourth-order valence-electron chi connectivity index (χ4n) is 5.74. The molecule has 27 heavy (non-hydrogen) atoms. The van der Waals surface area contributed by atoms with Crippen LogP contribution in [0.2, 0.25) is 0 Å². The van der Waals surface area contributed by atoms with E-state index in [2.05, 4.69) is 68.5 Å². The van der Waals surface area contributed by atoms with Crippen molar-refractivity contribution in [3.05, 3.63) is 82.5 Å². The zero-order chi connectivity index (χ0) is 18.4. The average Bonchev–Trinajstić information content (AvgIpc) is 3.21. The standard InChI is InChI=1S/C27H30/c1-27(2,21-17-19-11-5-3-4-6-12-20(19)18-21)26-24-15-9-7-13-22(24)23-14-8-10-16-25(23)26/h7-10,13-17,26H,3-6,11-12,18H2,1-2H3. The highest BCUT2D eigenvalue weighted by Crippen LogP contribution is 2.57. The molecule has 0 fully saturated rings. The van der Waals surface area contributed by atoms with Gasteiger partial charge in [-0.25, -0.2) is 0 Å². The number of hydrogen-bond donors (Lipinski definition) is 0. The first-order chi connectivity index (χ1) is 13.2. The van der Waals surface area contributed by atoms with Crippen molar-refractivity contribution in [3.8, 4) is 11.1 Å². The van der Waals surface area contributed by atoms with E-state index in [0.29, 0.717) is 5.92 Å². The first-order valence-corrected chi connectivity index (χ1v) is 10.8. The van der Waals surface area contributed by atoms with Crippen molar-refractivity contribution in [2.24, 2.45) is 5.41 Å². The van der Waals surface area contributed by atoms with Crippen molar-refractivity contribution in [1.82, 2.24) is 0 Å². The molecule has 2 aromatic rings. The topological polar surface area (TPSA) is 0 Å². The predicted molar refractivity (Wildman–Crippen MR) is 115 cm³/mol. The summed E-state index contributed by atoms with van der Waals surface area (Å²) in [7, 11) is 0. The van der Waals surface area contributed by atoms with Crippen LogP contribution in [-0.2, 0) is 0 Å². The largest absolute Gasteiger partial charge is 0.0629 e. The van der Waals surface area contributed by atoms with E-state index >= 15 is 0 Å². The lowest BCUT2D eigenvalue weighted by atomic mass is 9.68. The Hall–Kier alpha value is -2.08. The minimum Gasteiger partial charge on any atom is -0.0629 e. The molecule has 0 saturated carbocycles. The average molecular weight is 355 g/mol. The SMILES string of the molecule is CC(C)(C1=CC2=C(CCCCCC2)C1)C1c2ccccc2-c2ccccc21. The Kier molecular flexibility index (Phi) is 4.11. The third-order valence-electron chi connectivity index (χ3n) is 7.26. The molecule has 0 amide bonds. The van der Waals surface area contributed by atoms with E-state index < -0.39 is 0 Å². The number of benzene rings is 2. The van der Waals surface area contributed by atoms with Crippen LogP contribution >= 0.6 is 0 Å². The van der Waals surface area contributed by atoms with Gasteiger partial charge in [-0.05, 0) is 65.3 Å². The van der Waals surface area contributed by atoms with Crippen LogP contribution in [0.15, 0.2) is 71.3 Å². The Morgan fingerprint density at radius 3 is 2.00 bits per heavy atom. The molecular weight excluding hydrogens is 324 g/mol. The third-order valence-corrected chi connectivity index (χ3v) is 7.26. The Labute approximate surface area is 164 Å². The fourth-order valence-corrected chi connectivity index (χ4v) is 5.74. The van der Waals surface area contributed by atoms with E-state index in [9.17, 15) is 0 Å². The lowest BCUT2D eigenvalue weighted by Gasteiger charge is -2.35. The van der Waals surface area contributed by atoms with Crippen LogP contribution in [0, 0.1) is 5.41 Å². The van der Waals surface area contributed by atoms with Crippen molar-refractivity contribution in [3.63, 3.8) is 0 Å². The van der Waals surface area contributed by atoms with Crippen molar-refractivity contribution in [2.45, 2.75) is 64.7 Å². The molecule has 0 heterocycles. The molecule has 0 atom stereocenters. The summed E-state index contributed by atoms with van der Waals surface area (Å²) in [5.41, 5.74) is 11.1. The van der Waals surface area contributed by atoms with Crippen LogP contribution in [0.4, 0.5) is 0 Å². The van der Waals surface area contributed by atoms with Gasteiger partial charge in [0.2, 0.25) is 0 Å². The number of rotatable bonds is 2. The summed E-state index contributed by atoms with van der Waals surface area (Å²) in [5, 5.41) is 0. The van der Waals surface area contributed by atoms with Gasteiger partial charge in [-0.15, -0.1) is 0 Å². The second-order valence-electron chi connectivity index (χ2n) is 9.22. The van der Waals surface area contributed by atoms with Gasteiger partial charge in [0.1, 0.15) is 0 Å². The fraction of sp³-hybridized carbons (Fsp3) is 0.407. The maximum Gasteiger partial charge on any atom is 0.0190 e. The molecule has 0 heteroatoms. The van der Waals surface area contributed by atoms with Crippen LogP contribution in [0.5, 0.6) is 0 Å². The van der Waals surface area contributed by atoms with Gasteiger partial charge in [0.05, 0.1) is 0 Å². The molecule has 0 radical (unpaired) electrons. The Morgan fingerprint density at radius 1 is 0.741 bits per heavy atom. The summed E-state index contributed by atoms with van der Waals surface area (Å²) in [6.07, 6.45) is 12.0. The van der Waals surface area contributed by atoms with Gasteiger partial charge < -0.3 is 0 Å². The highest BCUT2D eigenvalue weighted by molar-refractivity contribution is 5.79. The lowest BCUT2D eigenvalue weighted by molar-refractivity contribution is 0.386. The van der Waals surface area contributed by atoms with Crippen LogP contribution in [0.25, 0.3) is 11.1 Å². The van der Waals surface area contributed by atoms with E-state index in [1.807, 2.05) is 0 Å². The number of fused-ring (bicyclic) bond motifs is 3. The van der Waals surface area contributed by atoms with Crippen LogP contribution in [0.1, 0.15) is 75.8 Å². The molecule has 0 aliphatic heterocycles. The van der Waals surface area contributed by atoms with Gasteiger partial charge in [-0.2, -0.15) is 0 Å². The van der Waals surface area contributed by atoms with Crippen LogP contribution < -0.4 is 0 Å². The van der Waals surface area contributed by atoms with Gasteiger partial charge in [0, 0.05) is 5.92 Å². The predicted octanol–water partition coefficient (Wildman–Crippen LogP) is 7.81. The van der Waals surface area contributed by atoms with E-state index in [1.54, 1.807) is 16.7 Å². The smallest absolute Gasteiger partial charge is 0.0190 e. The summed E-state index contributed by atoms with van der Waals surface area (Å²) in [4.78, 5) is 0. The molecule has 3 aliphatic rings. The molecular formula is C27H30. The van der Waals surface area contributed by atoms with E-state index in [0.717, 1.165) is 0 Å². The maximum atomic E-state index is 2.60. The Bertz CT molecular complexity index is 893. The molecule has 138 valence electrons. The quantitative estimate of drug-likeness (QED) is 0.516. The zero-order valence-electron chi connectivity index (χ0n) is 16.7. The van der Waals surface area contributed by atoms with E-state index in [4.69, 9.17) is 0 Å². The number of hydrogen-bond acceptors (Lipinski definition) is 0. The zero-order valence-corrected chi connectivity index (χ0v) is 16.7. The maximum absolute atomic E-state index is 2.60. The summed E-state index contributed by atoms with van der Waals surface area (Å²) in [5.74, 6) is 0.460. The minimum atomic E-state index is 0.143. The summed E-state index contributed by atoms with van der Waals surface area (Å²) in [6, 6.07) is 18.2. The molecule has 0 N–H and O–H groups in total. The summed E-state index contributed by atoms with van der Waals surface area (Å²) < 4.78 is 0. The molecule has 0 nitrogen and oxygen atoms in total. The molecule has 0 unspecified atom stereocenters. The van der Waals surface area contributed by atoms with Gasteiger partial charge in [0.15, 0.2) is 0 Å². The highest BCUT2D eigenvalue weighted by atomic mass is 14.5. The molecule has 5 rings (SSSR count). The van der Waals surface area contributed by atoms with Crippen LogP contribution in [-0.4, -0.2) is 0 Å². The second-order valence-corrected chi connectivity index (χ2v) is 9.22. The monoisotopic (exact) mass is 354 g/mol. The van der Waals surface area contributed by atoms with Crippen molar-refractivity contribution in [2.75, 3.05) is 0 Å². The van der Waals surface area contributed by atoms with Gasteiger partial charge >= 0.3 is 0 Å². The molecule has 0 bridgehead atoms. The molecule has 2 aromatic carbocycles. The van der Waals surface area contributed by atoms with Gasteiger partial charge in [-0.3, -0.25) is 0 Å². The normalized spacial score (nSPS) is 19.9. The van der Waals surface area contributed by atoms with Crippen molar-refractivity contribution >= 4 is 0 Å². The lowest BCUT2D eigenvalue weighted by Crippen LogP contribution is -2.24. The number of allylic oxidation sites excluding steroid dienone is 4. The highest BCUT2D eigenvalue weighted by Gasteiger charge is 2.42. The van der Waals surface area contributed by atoms with Crippen molar-refractivity contribution in [1.29, 1.82) is 0 Å². The first kappa shape index (κ1) is 17.0. The Balaban J connectivity index is 1.56. The van der Waals surface area contributed by atoms with E-state index in [1.165, 1.54) is 67.2 Å². The van der Waals surface area contributed by atoms with Crippen molar-refractivity contribution < 1.29 is 0 Å². The molecule has 0 saturated heterocycles. The summed E-state index contributed by atoms with van der Waals surface area (Å²) in [6.45, 7) is 4.98. The van der Waals surface area contributed by atoms with E-state index in [-0.39, 0.29) is 5.41 Å². The minimum absolute atomic E-state index is 0.143. The Morgan fingerprint density at radius 2 is 1.33 bits per heavy atom. The van der Waals surface area contributed by atoms with Crippen LogP contribution in [0.3, 0.4) is 0 Å². The van der Waals surface area contributed by atoms with Gasteiger partial charge in [0.25, 0.3) is 0 Å². The molecule has 0 aromatic heterocycles. The molecule has 3 aliphatic carbocycles.